The quantitative estimate of drug-likeness (QED) is 0.644. The second-order valence-corrected chi connectivity index (χ2v) is 3.74. The Bertz CT molecular complexity index is 106. The van der Waals surface area contributed by atoms with E-state index < -0.39 is 0 Å². The summed E-state index contributed by atoms with van der Waals surface area (Å²) in [5.74, 6) is 0.344. The van der Waals surface area contributed by atoms with Gasteiger partial charge in [-0.2, -0.15) is 0 Å². The van der Waals surface area contributed by atoms with Gasteiger partial charge in [-0.25, -0.2) is 0 Å². The number of nitrogens with two attached hydrogens (primary N) is 1. The monoisotopic (exact) mass is 173 g/mol. The third kappa shape index (κ3) is 4.73. The van der Waals surface area contributed by atoms with Crippen molar-refractivity contribution in [1.29, 1.82) is 0 Å². The van der Waals surface area contributed by atoms with Gasteiger partial charge in [0, 0.05) is 6.04 Å². The van der Waals surface area contributed by atoms with Gasteiger partial charge in [0.1, 0.15) is 0 Å². The molecule has 3 N–H and O–H groups in total. The average molecular weight is 173 g/mol. The van der Waals surface area contributed by atoms with Crippen molar-refractivity contribution in [1.82, 2.24) is 0 Å². The lowest BCUT2D eigenvalue weighted by molar-refractivity contribution is 0.103. The SMILES string of the molecule is CCC[C@@H](N)CC(C)C(O)CC. The Labute approximate surface area is 76.2 Å². The van der Waals surface area contributed by atoms with Crippen LogP contribution in [-0.2, 0) is 0 Å². The van der Waals surface area contributed by atoms with Crippen LogP contribution in [0.5, 0.6) is 0 Å². The summed E-state index contributed by atoms with van der Waals surface area (Å²) in [5, 5.41) is 9.49. The molecule has 74 valence electrons. The van der Waals surface area contributed by atoms with E-state index in [0.717, 1.165) is 25.7 Å². The first-order valence-electron chi connectivity index (χ1n) is 5.05. The van der Waals surface area contributed by atoms with Crippen LogP contribution in [0.4, 0.5) is 0 Å². The fraction of sp³-hybridized carbons (Fsp3) is 1.00. The van der Waals surface area contributed by atoms with Crippen molar-refractivity contribution >= 4 is 0 Å². The van der Waals surface area contributed by atoms with Crippen molar-refractivity contribution in [2.75, 3.05) is 0 Å². The van der Waals surface area contributed by atoms with E-state index in [-0.39, 0.29) is 12.1 Å². The molecule has 0 rings (SSSR count). The van der Waals surface area contributed by atoms with Gasteiger partial charge >= 0.3 is 0 Å². The highest BCUT2D eigenvalue weighted by atomic mass is 16.3. The zero-order valence-corrected chi connectivity index (χ0v) is 8.59. The van der Waals surface area contributed by atoms with Crippen LogP contribution in [-0.4, -0.2) is 17.3 Å². The molecule has 0 aliphatic heterocycles. The van der Waals surface area contributed by atoms with Gasteiger partial charge in [-0.3, -0.25) is 0 Å². The lowest BCUT2D eigenvalue weighted by Gasteiger charge is -2.20. The Balaban J connectivity index is 3.59. The summed E-state index contributed by atoms with van der Waals surface area (Å²) in [7, 11) is 0. The van der Waals surface area contributed by atoms with Crippen molar-refractivity contribution in [2.24, 2.45) is 11.7 Å². The maximum Gasteiger partial charge on any atom is 0.0563 e. The summed E-state index contributed by atoms with van der Waals surface area (Å²) < 4.78 is 0. The second-order valence-electron chi connectivity index (χ2n) is 3.74. The maximum atomic E-state index is 9.49. The minimum atomic E-state index is -0.173. The second kappa shape index (κ2) is 6.44. The van der Waals surface area contributed by atoms with Crippen LogP contribution < -0.4 is 5.73 Å². The molecule has 0 radical (unpaired) electrons. The number of aliphatic hydroxyl groups is 1. The fourth-order valence-corrected chi connectivity index (χ4v) is 1.53. The molecule has 0 aliphatic carbocycles. The van der Waals surface area contributed by atoms with Gasteiger partial charge in [-0.1, -0.05) is 27.2 Å². The minimum Gasteiger partial charge on any atom is -0.393 e. The van der Waals surface area contributed by atoms with Gasteiger partial charge in [-0.05, 0) is 25.2 Å². The molecule has 0 spiro atoms. The van der Waals surface area contributed by atoms with E-state index in [9.17, 15) is 5.11 Å². The van der Waals surface area contributed by atoms with E-state index in [1.165, 1.54) is 0 Å². The van der Waals surface area contributed by atoms with Crippen LogP contribution in [0.3, 0.4) is 0 Å². The van der Waals surface area contributed by atoms with E-state index in [1.807, 2.05) is 6.92 Å². The molecule has 2 nitrogen and oxygen atoms in total. The summed E-state index contributed by atoms with van der Waals surface area (Å²) in [6, 6.07) is 0.270. The average Bonchev–Trinajstić information content (AvgIpc) is 2.03. The molecule has 2 unspecified atom stereocenters. The van der Waals surface area contributed by atoms with E-state index in [0.29, 0.717) is 5.92 Å². The number of aliphatic hydroxyl groups excluding tert-OH is 1. The van der Waals surface area contributed by atoms with Gasteiger partial charge in [0.15, 0.2) is 0 Å². The van der Waals surface area contributed by atoms with Crippen molar-refractivity contribution in [3.8, 4) is 0 Å². The summed E-state index contributed by atoms with van der Waals surface area (Å²) in [6.07, 6.45) is 3.81. The lowest BCUT2D eigenvalue weighted by atomic mass is 9.93. The Morgan fingerprint density at radius 3 is 2.33 bits per heavy atom. The Morgan fingerprint density at radius 1 is 1.33 bits per heavy atom. The van der Waals surface area contributed by atoms with E-state index in [2.05, 4.69) is 13.8 Å². The molecule has 0 bridgehead atoms. The molecule has 0 fully saturated rings. The van der Waals surface area contributed by atoms with Crippen LogP contribution in [0, 0.1) is 5.92 Å². The van der Waals surface area contributed by atoms with Crippen LogP contribution in [0.15, 0.2) is 0 Å². The zero-order chi connectivity index (χ0) is 9.56. The molecule has 3 atom stereocenters. The molecule has 0 amide bonds. The maximum absolute atomic E-state index is 9.49. The van der Waals surface area contributed by atoms with Crippen LogP contribution >= 0.6 is 0 Å². The number of hydrogen-bond donors (Lipinski definition) is 2. The highest BCUT2D eigenvalue weighted by Crippen LogP contribution is 2.14. The van der Waals surface area contributed by atoms with Crippen molar-refractivity contribution < 1.29 is 5.11 Å². The van der Waals surface area contributed by atoms with E-state index >= 15 is 0 Å². The van der Waals surface area contributed by atoms with Crippen LogP contribution in [0.2, 0.25) is 0 Å². The lowest BCUT2D eigenvalue weighted by Crippen LogP contribution is -2.27. The molecular formula is C10H23NO. The molecule has 0 saturated heterocycles. The van der Waals surface area contributed by atoms with Crippen molar-refractivity contribution in [2.45, 2.75) is 58.6 Å². The summed E-state index contributed by atoms with van der Waals surface area (Å²) in [5.41, 5.74) is 5.87. The Morgan fingerprint density at radius 2 is 1.92 bits per heavy atom. The van der Waals surface area contributed by atoms with Gasteiger partial charge in [0.05, 0.1) is 6.10 Å². The van der Waals surface area contributed by atoms with Gasteiger partial charge in [0.25, 0.3) is 0 Å². The molecular weight excluding hydrogens is 150 g/mol. The standard InChI is InChI=1S/C10H23NO/c1-4-6-9(11)7-8(3)10(12)5-2/h8-10,12H,4-7,11H2,1-3H3/t8?,9-,10?/m1/s1. The smallest absolute Gasteiger partial charge is 0.0563 e. The third-order valence-electron chi connectivity index (χ3n) is 2.41. The zero-order valence-electron chi connectivity index (χ0n) is 8.59. The molecule has 0 aromatic carbocycles. The first-order chi connectivity index (χ1) is 5.61. The van der Waals surface area contributed by atoms with E-state index in [1.54, 1.807) is 0 Å². The topological polar surface area (TPSA) is 46.2 Å². The molecule has 0 aromatic heterocycles. The Kier molecular flexibility index (Phi) is 6.39. The highest BCUT2D eigenvalue weighted by molar-refractivity contribution is 4.70. The first-order valence-corrected chi connectivity index (χ1v) is 5.05. The van der Waals surface area contributed by atoms with Crippen LogP contribution in [0.25, 0.3) is 0 Å². The largest absolute Gasteiger partial charge is 0.393 e. The molecule has 0 aliphatic rings. The fourth-order valence-electron chi connectivity index (χ4n) is 1.53. The van der Waals surface area contributed by atoms with Crippen molar-refractivity contribution in [3.05, 3.63) is 0 Å². The molecule has 0 heterocycles. The van der Waals surface area contributed by atoms with Gasteiger partial charge in [0.2, 0.25) is 0 Å². The molecule has 0 aromatic rings. The van der Waals surface area contributed by atoms with Crippen molar-refractivity contribution in [3.63, 3.8) is 0 Å². The van der Waals surface area contributed by atoms with Gasteiger partial charge < -0.3 is 10.8 Å². The predicted octanol–water partition coefficient (Wildman–Crippen LogP) is 1.91. The summed E-state index contributed by atoms with van der Waals surface area (Å²) in [6.45, 7) is 6.22. The van der Waals surface area contributed by atoms with Crippen LogP contribution in [0.1, 0.15) is 46.5 Å². The summed E-state index contributed by atoms with van der Waals surface area (Å²) >= 11 is 0. The molecule has 2 heteroatoms. The number of rotatable bonds is 6. The van der Waals surface area contributed by atoms with E-state index in [4.69, 9.17) is 5.73 Å². The molecule has 0 saturated carbocycles. The first kappa shape index (κ1) is 11.9. The number of hydrogen-bond acceptors (Lipinski definition) is 2. The minimum absolute atomic E-state index is 0.173. The molecule has 12 heavy (non-hydrogen) atoms. The Hall–Kier alpha value is -0.0800. The third-order valence-corrected chi connectivity index (χ3v) is 2.41. The normalized spacial score (nSPS) is 18.8. The highest BCUT2D eigenvalue weighted by Gasteiger charge is 2.14. The predicted molar refractivity (Wildman–Crippen MR) is 53.0 cm³/mol. The summed E-state index contributed by atoms with van der Waals surface area (Å²) in [4.78, 5) is 0. The van der Waals surface area contributed by atoms with Gasteiger partial charge in [-0.15, -0.1) is 0 Å².